The quantitative estimate of drug-likeness (QED) is 0.667. The van der Waals surface area contributed by atoms with Gasteiger partial charge in [-0.05, 0) is 24.8 Å². The normalized spacial score (nSPS) is 21.8. The summed E-state index contributed by atoms with van der Waals surface area (Å²) in [5.74, 6) is 0.606. The van der Waals surface area contributed by atoms with Crippen molar-refractivity contribution < 1.29 is 9.53 Å². The van der Waals surface area contributed by atoms with Crippen LogP contribution in [0.4, 0.5) is 0 Å². The molecule has 0 aliphatic carbocycles. The molecule has 3 nitrogen and oxygen atoms in total. The van der Waals surface area contributed by atoms with Crippen LogP contribution in [0.15, 0.2) is 11.6 Å². The van der Waals surface area contributed by atoms with Gasteiger partial charge in [-0.15, -0.1) is 0 Å². The molecule has 1 atom stereocenters. The molecule has 1 aliphatic heterocycles. The highest BCUT2D eigenvalue weighted by atomic mass is 16.5. The average molecular weight is 211 g/mol. The Balaban J connectivity index is 2.71. The molecule has 1 heterocycles. The van der Waals surface area contributed by atoms with E-state index in [1.807, 2.05) is 4.90 Å². The lowest BCUT2D eigenvalue weighted by molar-refractivity contribution is -0.136. The highest BCUT2D eigenvalue weighted by Crippen LogP contribution is 2.24. The lowest BCUT2D eigenvalue weighted by atomic mass is 9.91. The number of hydrogen-bond donors (Lipinski definition) is 0. The fourth-order valence-corrected chi connectivity index (χ4v) is 2.18. The minimum atomic E-state index is 0.0938. The third-order valence-corrected chi connectivity index (χ3v) is 2.95. The second kappa shape index (κ2) is 5.31. The first-order valence-electron chi connectivity index (χ1n) is 5.56. The van der Waals surface area contributed by atoms with Gasteiger partial charge in [0.2, 0.25) is 5.91 Å². The van der Waals surface area contributed by atoms with E-state index in [2.05, 4.69) is 26.8 Å². The minimum Gasteiger partial charge on any atom is -0.375 e. The summed E-state index contributed by atoms with van der Waals surface area (Å²) >= 11 is 0. The van der Waals surface area contributed by atoms with E-state index in [9.17, 15) is 4.79 Å². The summed E-state index contributed by atoms with van der Waals surface area (Å²) in [7, 11) is 1.56. The number of amides is 1. The van der Waals surface area contributed by atoms with E-state index in [4.69, 9.17) is 4.74 Å². The van der Waals surface area contributed by atoms with Crippen LogP contribution in [-0.2, 0) is 9.53 Å². The van der Waals surface area contributed by atoms with Gasteiger partial charge in [0, 0.05) is 13.7 Å². The van der Waals surface area contributed by atoms with Gasteiger partial charge in [-0.25, -0.2) is 0 Å². The first-order valence-corrected chi connectivity index (χ1v) is 5.56. The highest BCUT2D eigenvalue weighted by molar-refractivity contribution is 5.78. The lowest BCUT2D eigenvalue weighted by Crippen LogP contribution is -2.45. The number of rotatable bonds is 3. The van der Waals surface area contributed by atoms with Crippen LogP contribution in [0.2, 0.25) is 0 Å². The van der Waals surface area contributed by atoms with Crippen LogP contribution >= 0.6 is 0 Å². The largest absolute Gasteiger partial charge is 0.375 e. The Hall–Kier alpha value is -0.830. The van der Waals surface area contributed by atoms with Crippen molar-refractivity contribution in [3.8, 4) is 0 Å². The second-order valence-corrected chi connectivity index (χ2v) is 4.34. The van der Waals surface area contributed by atoms with Gasteiger partial charge in [-0.1, -0.05) is 19.9 Å². The molecule has 0 fully saturated rings. The Morgan fingerprint density at radius 3 is 2.87 bits per heavy atom. The standard InChI is InChI=1S/C12H21NO2/c1-9(2)11-6-5-7-13(10(11)3)12(14)8-15-4/h6,9-10H,5,7-8H2,1-4H3/t10-/m0/s1. The van der Waals surface area contributed by atoms with Crippen LogP contribution in [0.25, 0.3) is 0 Å². The molecule has 0 saturated heterocycles. The molecular formula is C12H21NO2. The number of carbonyl (C=O) groups excluding carboxylic acids is 1. The molecule has 0 N–H and O–H groups in total. The molecule has 1 rings (SSSR count). The molecule has 3 heteroatoms. The van der Waals surface area contributed by atoms with E-state index < -0.39 is 0 Å². The molecule has 15 heavy (non-hydrogen) atoms. The van der Waals surface area contributed by atoms with Gasteiger partial charge in [-0.2, -0.15) is 0 Å². The molecule has 86 valence electrons. The Morgan fingerprint density at radius 1 is 1.67 bits per heavy atom. The molecule has 0 radical (unpaired) electrons. The number of nitrogens with zero attached hydrogens (tertiary/aromatic N) is 1. The van der Waals surface area contributed by atoms with Gasteiger partial charge < -0.3 is 9.64 Å². The van der Waals surface area contributed by atoms with Crippen molar-refractivity contribution >= 4 is 5.91 Å². The second-order valence-electron chi connectivity index (χ2n) is 4.34. The van der Waals surface area contributed by atoms with E-state index in [1.165, 1.54) is 5.57 Å². The molecule has 0 aromatic rings. The molecule has 0 aromatic heterocycles. The van der Waals surface area contributed by atoms with Gasteiger partial charge in [-0.3, -0.25) is 4.79 Å². The van der Waals surface area contributed by atoms with Crippen molar-refractivity contribution in [2.24, 2.45) is 5.92 Å². The van der Waals surface area contributed by atoms with E-state index in [-0.39, 0.29) is 18.6 Å². The summed E-state index contributed by atoms with van der Waals surface area (Å²) in [6.45, 7) is 7.45. The number of carbonyl (C=O) groups is 1. The fourth-order valence-electron chi connectivity index (χ4n) is 2.18. The zero-order valence-corrected chi connectivity index (χ0v) is 10.1. The van der Waals surface area contributed by atoms with Gasteiger partial charge in [0.1, 0.15) is 6.61 Å². The van der Waals surface area contributed by atoms with E-state index in [0.29, 0.717) is 5.92 Å². The molecule has 0 aromatic carbocycles. The number of ether oxygens (including phenoxy) is 1. The van der Waals surface area contributed by atoms with Crippen LogP contribution < -0.4 is 0 Å². The van der Waals surface area contributed by atoms with Crippen LogP contribution in [0.5, 0.6) is 0 Å². The maximum atomic E-state index is 11.8. The maximum Gasteiger partial charge on any atom is 0.249 e. The van der Waals surface area contributed by atoms with E-state index in [0.717, 1.165) is 13.0 Å². The molecule has 0 spiro atoms. The minimum absolute atomic E-state index is 0.0938. The summed E-state index contributed by atoms with van der Waals surface area (Å²) in [6, 6.07) is 0.224. The van der Waals surface area contributed by atoms with E-state index >= 15 is 0 Å². The third kappa shape index (κ3) is 2.81. The Morgan fingerprint density at radius 2 is 2.33 bits per heavy atom. The summed E-state index contributed by atoms with van der Waals surface area (Å²) in [5.41, 5.74) is 1.37. The highest BCUT2D eigenvalue weighted by Gasteiger charge is 2.26. The summed E-state index contributed by atoms with van der Waals surface area (Å²) in [4.78, 5) is 13.7. The molecular weight excluding hydrogens is 190 g/mol. The van der Waals surface area contributed by atoms with Gasteiger partial charge >= 0.3 is 0 Å². The van der Waals surface area contributed by atoms with Crippen molar-refractivity contribution in [1.82, 2.24) is 4.90 Å². The first kappa shape index (κ1) is 12.2. The predicted molar refractivity (Wildman–Crippen MR) is 60.6 cm³/mol. The van der Waals surface area contributed by atoms with Crippen LogP contribution in [0.1, 0.15) is 27.2 Å². The topological polar surface area (TPSA) is 29.5 Å². The SMILES string of the molecule is COCC(=O)N1CCC=C(C(C)C)[C@@H]1C. The number of hydrogen-bond acceptors (Lipinski definition) is 2. The predicted octanol–water partition coefficient (Wildman–Crippen LogP) is 1.84. The Bertz CT molecular complexity index is 258. The summed E-state index contributed by atoms with van der Waals surface area (Å²) in [5, 5.41) is 0. The van der Waals surface area contributed by atoms with Crippen molar-refractivity contribution in [1.29, 1.82) is 0 Å². The Kier molecular flexibility index (Phi) is 4.33. The van der Waals surface area contributed by atoms with Crippen molar-refractivity contribution in [2.75, 3.05) is 20.3 Å². The molecule has 0 unspecified atom stereocenters. The zero-order chi connectivity index (χ0) is 11.4. The van der Waals surface area contributed by atoms with Gasteiger partial charge in [0.15, 0.2) is 0 Å². The lowest BCUT2D eigenvalue weighted by Gasteiger charge is -2.35. The summed E-state index contributed by atoms with van der Waals surface area (Å²) < 4.78 is 4.89. The van der Waals surface area contributed by atoms with Crippen molar-refractivity contribution in [3.05, 3.63) is 11.6 Å². The van der Waals surface area contributed by atoms with Crippen LogP contribution in [-0.4, -0.2) is 37.1 Å². The number of methoxy groups -OCH3 is 1. The molecule has 0 saturated carbocycles. The van der Waals surface area contributed by atoms with Gasteiger partial charge in [0.25, 0.3) is 0 Å². The van der Waals surface area contributed by atoms with E-state index in [1.54, 1.807) is 7.11 Å². The van der Waals surface area contributed by atoms with Gasteiger partial charge in [0.05, 0.1) is 6.04 Å². The molecule has 1 amide bonds. The average Bonchev–Trinajstić information content (AvgIpc) is 2.17. The third-order valence-electron chi connectivity index (χ3n) is 2.95. The summed E-state index contributed by atoms with van der Waals surface area (Å²) in [6.07, 6.45) is 3.24. The van der Waals surface area contributed by atoms with Crippen molar-refractivity contribution in [2.45, 2.75) is 33.2 Å². The first-order chi connectivity index (χ1) is 7.07. The molecule has 1 aliphatic rings. The monoisotopic (exact) mass is 211 g/mol. The molecule has 0 bridgehead atoms. The fraction of sp³-hybridized carbons (Fsp3) is 0.750. The smallest absolute Gasteiger partial charge is 0.249 e. The van der Waals surface area contributed by atoms with Crippen molar-refractivity contribution in [3.63, 3.8) is 0 Å². The van der Waals surface area contributed by atoms with Crippen LogP contribution in [0.3, 0.4) is 0 Å². The Labute approximate surface area is 92.1 Å². The zero-order valence-electron chi connectivity index (χ0n) is 10.1. The van der Waals surface area contributed by atoms with Crippen LogP contribution in [0, 0.1) is 5.92 Å². The maximum absolute atomic E-state index is 11.8.